The molecule has 0 aliphatic carbocycles. The van der Waals surface area contributed by atoms with Gasteiger partial charge in [0.05, 0.1) is 4.58 Å². The highest BCUT2D eigenvalue weighted by Crippen LogP contribution is 2.45. The second-order valence-corrected chi connectivity index (χ2v) is 7.73. The maximum Gasteiger partial charge on any atom is 0.251 e. The number of thioether (sulfide) groups is 2. The van der Waals surface area contributed by atoms with Gasteiger partial charge in [-0.25, -0.2) is 4.98 Å². The number of carbonyl (C=O) groups is 1. The van der Waals surface area contributed by atoms with E-state index < -0.39 is 0 Å². The number of aromatic nitrogens is 3. The summed E-state index contributed by atoms with van der Waals surface area (Å²) in [5.41, 5.74) is 2.00. The fourth-order valence-electron chi connectivity index (χ4n) is 2.28. The lowest BCUT2D eigenvalue weighted by atomic mass is 10.1. The van der Waals surface area contributed by atoms with Crippen molar-refractivity contribution in [1.29, 1.82) is 0 Å². The summed E-state index contributed by atoms with van der Waals surface area (Å²) >= 11 is 3.94. The second kappa shape index (κ2) is 7.19. The number of carbonyl (C=O) groups excluding carboxylic acids is 1. The van der Waals surface area contributed by atoms with Crippen LogP contribution in [0.2, 0.25) is 0 Å². The number of rotatable bonds is 5. The molecule has 0 atom stereocenters. The lowest BCUT2D eigenvalue weighted by molar-refractivity contribution is 0.0954. The predicted octanol–water partition coefficient (Wildman–Crippen LogP) is 2.27. The number of benzene rings is 1. The SMILES string of the molecule is Cn1ncnc1CCNC(=O)c1ccc(C2SCCS2)cc1. The standard InChI is InChI=1S/C15H18N4OS2/c1-19-13(17-10-18-19)6-7-16-14(20)11-2-4-12(5-3-11)15-21-8-9-22-15/h2-5,10,15H,6-9H2,1H3,(H,16,20). The molecule has 1 aromatic carbocycles. The number of aryl methyl sites for hydroxylation is 1. The molecule has 116 valence electrons. The van der Waals surface area contributed by atoms with Gasteiger partial charge in [0.15, 0.2) is 0 Å². The van der Waals surface area contributed by atoms with Crippen LogP contribution in [0.5, 0.6) is 0 Å². The Hall–Kier alpha value is -1.47. The van der Waals surface area contributed by atoms with Gasteiger partial charge in [-0.2, -0.15) is 5.10 Å². The molecule has 0 saturated carbocycles. The van der Waals surface area contributed by atoms with E-state index in [1.54, 1.807) is 4.68 Å². The van der Waals surface area contributed by atoms with E-state index >= 15 is 0 Å². The molecule has 0 radical (unpaired) electrons. The topological polar surface area (TPSA) is 59.8 Å². The number of hydrogen-bond acceptors (Lipinski definition) is 5. The van der Waals surface area contributed by atoms with Crippen LogP contribution < -0.4 is 5.32 Å². The van der Waals surface area contributed by atoms with E-state index in [-0.39, 0.29) is 5.91 Å². The fourth-order valence-corrected chi connectivity index (χ4v) is 5.14. The zero-order valence-electron chi connectivity index (χ0n) is 12.4. The number of amides is 1. The molecular formula is C15H18N4OS2. The van der Waals surface area contributed by atoms with Crippen LogP contribution in [0.3, 0.4) is 0 Å². The molecule has 1 aliphatic heterocycles. The first-order valence-corrected chi connectivity index (χ1v) is 9.28. The van der Waals surface area contributed by atoms with Gasteiger partial charge in [0.2, 0.25) is 0 Å². The van der Waals surface area contributed by atoms with Crippen molar-refractivity contribution in [2.24, 2.45) is 7.05 Å². The normalized spacial score (nSPS) is 15.1. The minimum Gasteiger partial charge on any atom is -0.352 e. The van der Waals surface area contributed by atoms with Gasteiger partial charge < -0.3 is 5.32 Å². The zero-order chi connectivity index (χ0) is 15.4. The lowest BCUT2D eigenvalue weighted by Gasteiger charge is -2.09. The predicted molar refractivity (Wildman–Crippen MR) is 91.1 cm³/mol. The van der Waals surface area contributed by atoms with E-state index in [4.69, 9.17) is 0 Å². The molecule has 2 heterocycles. The van der Waals surface area contributed by atoms with Crippen molar-refractivity contribution in [1.82, 2.24) is 20.1 Å². The highest BCUT2D eigenvalue weighted by Gasteiger charge is 2.18. The van der Waals surface area contributed by atoms with Gasteiger partial charge in [0.25, 0.3) is 5.91 Å². The molecule has 1 N–H and O–H groups in total. The largest absolute Gasteiger partial charge is 0.352 e. The van der Waals surface area contributed by atoms with Crippen molar-refractivity contribution in [3.8, 4) is 0 Å². The summed E-state index contributed by atoms with van der Waals surface area (Å²) in [6, 6.07) is 7.94. The average Bonchev–Trinajstić information content (AvgIpc) is 3.20. The first-order valence-electron chi connectivity index (χ1n) is 7.18. The molecule has 1 fully saturated rings. The van der Waals surface area contributed by atoms with Crippen LogP contribution in [0, 0.1) is 0 Å². The highest BCUT2D eigenvalue weighted by atomic mass is 32.2. The minimum atomic E-state index is -0.0413. The van der Waals surface area contributed by atoms with Gasteiger partial charge in [-0.15, -0.1) is 23.5 Å². The Bertz CT molecular complexity index is 635. The Morgan fingerprint density at radius 3 is 2.68 bits per heavy atom. The van der Waals surface area contributed by atoms with E-state index in [2.05, 4.69) is 27.5 Å². The summed E-state index contributed by atoms with van der Waals surface area (Å²) in [4.78, 5) is 16.3. The molecule has 1 saturated heterocycles. The lowest BCUT2D eigenvalue weighted by Crippen LogP contribution is -2.26. The Balaban J connectivity index is 1.52. The molecular weight excluding hydrogens is 316 g/mol. The number of hydrogen-bond donors (Lipinski definition) is 1. The molecule has 3 rings (SSSR count). The quantitative estimate of drug-likeness (QED) is 0.909. The number of nitrogens with zero attached hydrogens (tertiary/aromatic N) is 3. The molecule has 0 spiro atoms. The summed E-state index contributed by atoms with van der Waals surface area (Å²) in [5, 5.41) is 6.93. The molecule has 2 aromatic rings. The van der Waals surface area contributed by atoms with Crippen molar-refractivity contribution in [3.63, 3.8) is 0 Å². The number of nitrogens with one attached hydrogen (secondary N) is 1. The Morgan fingerprint density at radius 2 is 2.05 bits per heavy atom. The van der Waals surface area contributed by atoms with Crippen LogP contribution in [0.15, 0.2) is 30.6 Å². The molecule has 22 heavy (non-hydrogen) atoms. The highest BCUT2D eigenvalue weighted by molar-refractivity contribution is 8.19. The van der Waals surface area contributed by atoms with E-state index in [1.165, 1.54) is 23.4 Å². The average molecular weight is 334 g/mol. The molecule has 5 nitrogen and oxygen atoms in total. The third kappa shape index (κ3) is 3.64. The van der Waals surface area contributed by atoms with Crippen LogP contribution in [-0.2, 0) is 13.5 Å². The van der Waals surface area contributed by atoms with Crippen molar-refractivity contribution in [2.75, 3.05) is 18.1 Å². The summed E-state index contributed by atoms with van der Waals surface area (Å²) in [6.45, 7) is 0.557. The molecule has 1 aromatic heterocycles. The van der Waals surface area contributed by atoms with Crippen LogP contribution in [0.4, 0.5) is 0 Å². The van der Waals surface area contributed by atoms with Crippen LogP contribution in [0.1, 0.15) is 26.3 Å². The Morgan fingerprint density at radius 1 is 1.32 bits per heavy atom. The second-order valence-electron chi connectivity index (χ2n) is 5.00. The molecule has 0 bridgehead atoms. The van der Waals surface area contributed by atoms with Crippen molar-refractivity contribution >= 4 is 29.4 Å². The first kappa shape index (κ1) is 15.4. The Kier molecular flexibility index (Phi) is 5.04. The van der Waals surface area contributed by atoms with Gasteiger partial charge >= 0.3 is 0 Å². The van der Waals surface area contributed by atoms with Crippen molar-refractivity contribution in [2.45, 2.75) is 11.0 Å². The van der Waals surface area contributed by atoms with Crippen LogP contribution >= 0.6 is 23.5 Å². The minimum absolute atomic E-state index is 0.0413. The van der Waals surface area contributed by atoms with E-state index in [1.807, 2.05) is 42.7 Å². The summed E-state index contributed by atoms with van der Waals surface area (Å²) in [6.07, 6.45) is 2.20. The maximum atomic E-state index is 12.1. The molecule has 0 unspecified atom stereocenters. The van der Waals surface area contributed by atoms with Gasteiger partial charge in [-0.3, -0.25) is 9.48 Å². The maximum absolute atomic E-state index is 12.1. The summed E-state index contributed by atoms with van der Waals surface area (Å²) < 4.78 is 2.24. The molecule has 1 amide bonds. The zero-order valence-corrected chi connectivity index (χ0v) is 14.0. The Labute approximate surface area is 138 Å². The summed E-state index contributed by atoms with van der Waals surface area (Å²) in [7, 11) is 1.85. The van der Waals surface area contributed by atoms with Crippen molar-refractivity contribution in [3.05, 3.63) is 47.5 Å². The van der Waals surface area contributed by atoms with Gasteiger partial charge in [0.1, 0.15) is 12.2 Å². The van der Waals surface area contributed by atoms with Gasteiger partial charge in [-0.05, 0) is 17.7 Å². The van der Waals surface area contributed by atoms with E-state index in [0.717, 1.165) is 5.82 Å². The monoisotopic (exact) mass is 334 g/mol. The smallest absolute Gasteiger partial charge is 0.251 e. The fraction of sp³-hybridized carbons (Fsp3) is 0.400. The third-order valence-electron chi connectivity index (χ3n) is 3.51. The van der Waals surface area contributed by atoms with Crippen LogP contribution in [-0.4, -0.2) is 38.7 Å². The first-order chi connectivity index (χ1) is 10.7. The van der Waals surface area contributed by atoms with Crippen LogP contribution in [0.25, 0.3) is 0 Å². The molecule has 1 aliphatic rings. The van der Waals surface area contributed by atoms with Gasteiger partial charge in [-0.1, -0.05) is 12.1 Å². The summed E-state index contributed by atoms with van der Waals surface area (Å²) in [5.74, 6) is 3.24. The van der Waals surface area contributed by atoms with E-state index in [0.29, 0.717) is 23.1 Å². The van der Waals surface area contributed by atoms with E-state index in [9.17, 15) is 4.79 Å². The third-order valence-corrected chi connectivity index (χ3v) is 6.61. The van der Waals surface area contributed by atoms with Gasteiger partial charge in [0, 0.05) is 37.1 Å². The van der Waals surface area contributed by atoms with Crippen molar-refractivity contribution < 1.29 is 4.79 Å². The molecule has 7 heteroatoms.